The van der Waals surface area contributed by atoms with Crippen LogP contribution >= 0.6 is 27.5 Å². The number of nitrogens with zero attached hydrogens (tertiary/aromatic N) is 2. The second kappa shape index (κ2) is 6.33. The smallest absolute Gasteiger partial charge is 0.205 e. The molecule has 2 rings (SSSR count). The second-order valence-corrected chi connectivity index (χ2v) is 5.25. The normalized spacial score (nSPS) is 11.2. The minimum absolute atomic E-state index is 0.196. The van der Waals surface area contributed by atoms with Gasteiger partial charge in [0.15, 0.2) is 0 Å². The van der Waals surface area contributed by atoms with Crippen LogP contribution in [-0.2, 0) is 6.54 Å². The molecule has 3 nitrogen and oxygen atoms in total. The molecule has 6 heteroatoms. The first-order valence-electron chi connectivity index (χ1n) is 5.92. The van der Waals surface area contributed by atoms with Crippen molar-refractivity contribution in [3.8, 4) is 0 Å². The average Bonchev–Trinajstić information content (AvgIpc) is 2.79. The van der Waals surface area contributed by atoms with Gasteiger partial charge in [-0.3, -0.25) is 9.48 Å². The molecule has 1 aromatic carbocycles. The molecule has 0 radical (unpaired) electrons. The lowest BCUT2D eigenvalue weighted by molar-refractivity contribution is 0.103. The Labute approximate surface area is 129 Å². The number of carbonyl (C=O) groups excluding carboxylic acids is 1. The molecule has 104 valence electrons. The predicted molar refractivity (Wildman–Crippen MR) is 80.4 cm³/mol. The maximum absolute atomic E-state index is 13.6. The van der Waals surface area contributed by atoms with Crippen molar-refractivity contribution < 1.29 is 9.18 Å². The molecule has 20 heavy (non-hydrogen) atoms. The van der Waals surface area contributed by atoms with Crippen LogP contribution < -0.4 is 0 Å². The van der Waals surface area contributed by atoms with Crippen LogP contribution in [0.1, 0.15) is 23.0 Å². The quantitative estimate of drug-likeness (QED) is 0.602. The van der Waals surface area contributed by atoms with Gasteiger partial charge in [0.2, 0.25) is 5.78 Å². The second-order valence-electron chi connectivity index (χ2n) is 3.99. The van der Waals surface area contributed by atoms with Crippen LogP contribution in [-0.4, -0.2) is 15.6 Å². The molecule has 0 unspecified atom stereocenters. The largest absolute Gasteiger partial charge is 0.288 e. The Bertz CT molecular complexity index is 662. The van der Waals surface area contributed by atoms with Crippen LogP contribution in [0, 0.1) is 5.82 Å². The van der Waals surface area contributed by atoms with Gasteiger partial charge in [-0.1, -0.05) is 17.7 Å². The average molecular weight is 358 g/mol. The zero-order valence-electron chi connectivity index (χ0n) is 10.6. The van der Waals surface area contributed by atoms with Crippen molar-refractivity contribution in [3.63, 3.8) is 0 Å². The summed E-state index contributed by atoms with van der Waals surface area (Å²) < 4.78 is 15.8. The molecule has 0 saturated heterocycles. The Morgan fingerprint density at radius 3 is 2.95 bits per heavy atom. The molecule has 0 atom stereocenters. The first-order chi connectivity index (χ1) is 9.54. The topological polar surface area (TPSA) is 34.9 Å². The summed E-state index contributed by atoms with van der Waals surface area (Å²) in [5.41, 5.74) is 0.623. The van der Waals surface area contributed by atoms with E-state index >= 15 is 0 Å². The van der Waals surface area contributed by atoms with Crippen molar-refractivity contribution in [1.29, 1.82) is 0 Å². The van der Waals surface area contributed by atoms with Crippen molar-refractivity contribution in [2.24, 2.45) is 0 Å². The van der Waals surface area contributed by atoms with E-state index in [1.807, 2.05) is 6.92 Å². The van der Waals surface area contributed by atoms with E-state index in [4.69, 9.17) is 11.6 Å². The molecule has 0 aliphatic rings. The highest BCUT2D eigenvalue weighted by molar-refractivity contribution is 9.10. The third-order valence-electron chi connectivity index (χ3n) is 2.73. The minimum atomic E-state index is -0.468. The summed E-state index contributed by atoms with van der Waals surface area (Å²) in [7, 11) is 0. The molecular weight excluding hydrogens is 347 g/mol. The van der Waals surface area contributed by atoms with E-state index in [0.717, 1.165) is 0 Å². The van der Waals surface area contributed by atoms with E-state index in [0.29, 0.717) is 16.7 Å². The van der Waals surface area contributed by atoms with Gasteiger partial charge in [-0.15, -0.1) is 0 Å². The van der Waals surface area contributed by atoms with E-state index < -0.39 is 5.82 Å². The summed E-state index contributed by atoms with van der Waals surface area (Å²) in [6.45, 7) is 2.45. The van der Waals surface area contributed by atoms with Crippen LogP contribution in [0.15, 0.2) is 34.9 Å². The third-order valence-corrected chi connectivity index (χ3v) is 3.64. The Morgan fingerprint density at radius 2 is 2.30 bits per heavy atom. The Hall–Kier alpha value is -1.46. The van der Waals surface area contributed by atoms with E-state index in [-0.39, 0.29) is 16.4 Å². The fourth-order valence-electron chi connectivity index (χ4n) is 1.76. The zero-order chi connectivity index (χ0) is 14.7. The van der Waals surface area contributed by atoms with Gasteiger partial charge in [0.05, 0.1) is 15.7 Å². The Kier molecular flexibility index (Phi) is 4.73. The molecule has 1 aromatic heterocycles. The highest BCUT2D eigenvalue weighted by atomic mass is 79.9. The van der Waals surface area contributed by atoms with Crippen molar-refractivity contribution >= 4 is 39.4 Å². The SMILES string of the molecule is CCn1ncc(Br)c1C(=O)/C=C/c1c(F)cccc1Cl. The maximum Gasteiger partial charge on any atom is 0.205 e. The van der Waals surface area contributed by atoms with Gasteiger partial charge in [-0.2, -0.15) is 5.10 Å². The summed E-state index contributed by atoms with van der Waals surface area (Å²) in [6, 6.07) is 4.38. The van der Waals surface area contributed by atoms with Crippen LogP contribution in [0.2, 0.25) is 5.02 Å². The highest BCUT2D eigenvalue weighted by Crippen LogP contribution is 2.22. The maximum atomic E-state index is 13.6. The number of halogens is 3. The molecule has 0 saturated carbocycles. The summed E-state index contributed by atoms with van der Waals surface area (Å²) in [5, 5.41) is 4.32. The van der Waals surface area contributed by atoms with Crippen molar-refractivity contribution in [1.82, 2.24) is 9.78 Å². The number of hydrogen-bond acceptors (Lipinski definition) is 2. The standard InChI is InChI=1S/C14H11BrClFN2O/c1-2-19-14(10(15)8-18-19)13(20)7-6-9-11(16)4-3-5-12(9)17/h3-8H,2H2,1H3/b7-6+. The van der Waals surface area contributed by atoms with Crippen LogP contribution in [0.3, 0.4) is 0 Å². The molecule has 0 bridgehead atoms. The van der Waals surface area contributed by atoms with Gasteiger partial charge in [0.25, 0.3) is 0 Å². The highest BCUT2D eigenvalue weighted by Gasteiger charge is 2.14. The summed E-state index contributed by atoms with van der Waals surface area (Å²) in [5.74, 6) is -0.736. The molecule has 0 fully saturated rings. The fourth-order valence-corrected chi connectivity index (χ4v) is 2.47. The summed E-state index contributed by atoms with van der Waals surface area (Å²) in [6.07, 6.45) is 4.22. The molecule has 0 spiro atoms. The lowest BCUT2D eigenvalue weighted by atomic mass is 10.1. The van der Waals surface area contributed by atoms with Gasteiger partial charge in [-0.25, -0.2) is 4.39 Å². The van der Waals surface area contributed by atoms with Gasteiger partial charge >= 0.3 is 0 Å². The molecule has 1 heterocycles. The predicted octanol–water partition coefficient (Wildman–Crippen LogP) is 4.35. The van der Waals surface area contributed by atoms with Gasteiger partial charge in [0.1, 0.15) is 11.5 Å². The number of benzene rings is 1. The molecule has 0 aliphatic carbocycles. The van der Waals surface area contributed by atoms with Crippen molar-refractivity contribution in [2.45, 2.75) is 13.5 Å². The van der Waals surface area contributed by atoms with E-state index in [9.17, 15) is 9.18 Å². The Morgan fingerprint density at radius 1 is 1.55 bits per heavy atom. The first kappa shape index (κ1) is 14.9. The van der Waals surface area contributed by atoms with E-state index in [2.05, 4.69) is 21.0 Å². The van der Waals surface area contributed by atoms with Gasteiger partial charge < -0.3 is 0 Å². The van der Waals surface area contributed by atoms with Crippen LogP contribution in [0.25, 0.3) is 6.08 Å². The van der Waals surface area contributed by atoms with E-state index in [1.54, 1.807) is 16.9 Å². The van der Waals surface area contributed by atoms with Gasteiger partial charge in [0, 0.05) is 12.1 Å². The number of rotatable bonds is 4. The first-order valence-corrected chi connectivity index (χ1v) is 7.09. The number of aryl methyl sites for hydroxylation is 1. The van der Waals surface area contributed by atoms with Gasteiger partial charge in [-0.05, 0) is 47.1 Å². The van der Waals surface area contributed by atoms with Crippen LogP contribution in [0.4, 0.5) is 4.39 Å². The number of carbonyl (C=O) groups is 1. The number of hydrogen-bond donors (Lipinski definition) is 0. The molecule has 0 N–H and O–H groups in total. The summed E-state index contributed by atoms with van der Waals surface area (Å²) >= 11 is 9.17. The number of ketones is 1. The van der Waals surface area contributed by atoms with Crippen molar-refractivity contribution in [3.05, 3.63) is 57.0 Å². The molecule has 0 aliphatic heterocycles. The number of allylic oxidation sites excluding steroid dienone is 1. The third kappa shape index (κ3) is 2.99. The molecule has 0 amide bonds. The zero-order valence-corrected chi connectivity index (χ0v) is 12.9. The number of aromatic nitrogens is 2. The Balaban J connectivity index is 2.32. The summed E-state index contributed by atoms with van der Waals surface area (Å²) in [4.78, 5) is 12.2. The molecular formula is C14H11BrClFN2O. The monoisotopic (exact) mass is 356 g/mol. The van der Waals surface area contributed by atoms with Crippen molar-refractivity contribution in [2.75, 3.05) is 0 Å². The van der Waals surface area contributed by atoms with Crippen LogP contribution in [0.5, 0.6) is 0 Å². The van der Waals surface area contributed by atoms with E-state index in [1.165, 1.54) is 24.3 Å². The molecule has 2 aromatic rings. The minimum Gasteiger partial charge on any atom is -0.288 e. The fraction of sp³-hybridized carbons (Fsp3) is 0.143. The lowest BCUT2D eigenvalue weighted by Crippen LogP contribution is -2.07. The lowest BCUT2D eigenvalue weighted by Gasteiger charge is -2.02.